The molecule has 2 aromatic carbocycles. The first-order valence-electron chi connectivity index (χ1n) is 9.12. The first kappa shape index (κ1) is 17.3. The second kappa shape index (κ2) is 6.54. The van der Waals surface area contributed by atoms with E-state index >= 15 is 0 Å². The van der Waals surface area contributed by atoms with Crippen LogP contribution in [0.1, 0.15) is 26.3 Å². The van der Waals surface area contributed by atoms with Gasteiger partial charge in [-0.05, 0) is 43.5 Å². The van der Waals surface area contributed by atoms with Gasteiger partial charge in [0.15, 0.2) is 5.65 Å². The van der Waals surface area contributed by atoms with Crippen LogP contribution in [0, 0.1) is 0 Å². The number of rotatable bonds is 4. The molecule has 2 aromatic heterocycles. The number of hydrogen-bond donors (Lipinski definition) is 2. The molecule has 0 atom stereocenters. The van der Waals surface area contributed by atoms with Crippen LogP contribution in [0.15, 0.2) is 53.5 Å². The largest absolute Gasteiger partial charge is 0.355 e. The summed E-state index contributed by atoms with van der Waals surface area (Å²) >= 11 is 0. The first-order valence-corrected chi connectivity index (χ1v) is 9.12. The van der Waals surface area contributed by atoms with E-state index < -0.39 is 0 Å². The molecule has 2 heterocycles. The molecule has 0 saturated carbocycles. The zero-order valence-corrected chi connectivity index (χ0v) is 15.8. The number of anilines is 1. The quantitative estimate of drug-likeness (QED) is 0.581. The lowest BCUT2D eigenvalue weighted by atomic mass is 10.1. The summed E-state index contributed by atoms with van der Waals surface area (Å²) in [5.41, 5.74) is 1.41. The average Bonchev–Trinajstić information content (AvgIpc) is 3.06. The number of H-pyrrole nitrogens is 1. The van der Waals surface area contributed by atoms with E-state index in [1.54, 1.807) is 10.9 Å². The lowest BCUT2D eigenvalue weighted by Crippen LogP contribution is -2.24. The Kier molecular flexibility index (Phi) is 4.18. The van der Waals surface area contributed by atoms with Gasteiger partial charge in [0.05, 0.1) is 11.7 Å². The normalized spacial score (nSPS) is 12.0. The molecule has 0 spiro atoms. The molecule has 27 heavy (non-hydrogen) atoms. The van der Waals surface area contributed by atoms with E-state index in [-0.39, 0.29) is 11.1 Å². The van der Waals surface area contributed by atoms with Crippen molar-refractivity contribution in [2.75, 3.05) is 11.9 Å². The highest BCUT2D eigenvalue weighted by molar-refractivity contribution is 5.83. The van der Waals surface area contributed by atoms with Crippen LogP contribution in [0.25, 0.3) is 21.8 Å². The standard InChI is InChI=1S/C21H23N5O/c1-21(2,3)26-18-17(13-23-26)19(27)25-20(24-18)22-11-10-14-8-9-15-6-4-5-7-16(15)12-14/h4-9,12-13H,10-11H2,1-3H3,(H2,22,24,25,27). The zero-order valence-electron chi connectivity index (χ0n) is 15.8. The molecule has 2 N–H and O–H groups in total. The molecule has 0 unspecified atom stereocenters. The summed E-state index contributed by atoms with van der Waals surface area (Å²) in [4.78, 5) is 19.7. The highest BCUT2D eigenvalue weighted by Crippen LogP contribution is 2.19. The lowest BCUT2D eigenvalue weighted by Gasteiger charge is -2.19. The molecular weight excluding hydrogens is 338 g/mol. The molecule has 0 amide bonds. The Balaban J connectivity index is 1.53. The molecule has 4 rings (SSSR count). The summed E-state index contributed by atoms with van der Waals surface area (Å²) in [7, 11) is 0. The summed E-state index contributed by atoms with van der Waals surface area (Å²) in [6.07, 6.45) is 2.41. The van der Waals surface area contributed by atoms with Gasteiger partial charge in [-0.2, -0.15) is 10.1 Å². The summed E-state index contributed by atoms with van der Waals surface area (Å²) in [5, 5.41) is 10.5. The number of aromatic nitrogens is 4. The van der Waals surface area contributed by atoms with Crippen LogP contribution >= 0.6 is 0 Å². The summed E-state index contributed by atoms with van der Waals surface area (Å²) in [6, 6.07) is 14.8. The van der Waals surface area contributed by atoms with Gasteiger partial charge in [-0.3, -0.25) is 9.78 Å². The Bertz CT molecular complexity index is 1170. The molecule has 6 nitrogen and oxygen atoms in total. The number of fused-ring (bicyclic) bond motifs is 2. The van der Waals surface area contributed by atoms with E-state index in [4.69, 9.17) is 0 Å². The number of hydrogen-bond acceptors (Lipinski definition) is 4. The van der Waals surface area contributed by atoms with Crippen molar-refractivity contribution in [2.45, 2.75) is 32.7 Å². The van der Waals surface area contributed by atoms with Crippen molar-refractivity contribution >= 4 is 27.8 Å². The first-order chi connectivity index (χ1) is 12.9. The fourth-order valence-electron chi connectivity index (χ4n) is 3.21. The lowest BCUT2D eigenvalue weighted by molar-refractivity contribution is 0.366. The maximum absolute atomic E-state index is 12.3. The Labute approximate surface area is 157 Å². The molecule has 0 saturated heterocycles. The van der Waals surface area contributed by atoms with Gasteiger partial charge in [-0.1, -0.05) is 42.5 Å². The van der Waals surface area contributed by atoms with Crippen LogP contribution in [0.2, 0.25) is 0 Å². The van der Waals surface area contributed by atoms with Gasteiger partial charge in [0.25, 0.3) is 5.56 Å². The minimum Gasteiger partial charge on any atom is -0.355 e. The van der Waals surface area contributed by atoms with E-state index in [1.165, 1.54) is 16.3 Å². The van der Waals surface area contributed by atoms with Crippen LogP contribution in [-0.4, -0.2) is 26.3 Å². The topological polar surface area (TPSA) is 75.6 Å². The number of benzene rings is 2. The number of nitrogens with zero attached hydrogens (tertiary/aromatic N) is 3. The molecule has 0 radical (unpaired) electrons. The molecule has 0 bridgehead atoms. The van der Waals surface area contributed by atoms with Crippen LogP contribution in [0.3, 0.4) is 0 Å². The molecule has 138 valence electrons. The third-order valence-electron chi connectivity index (χ3n) is 4.59. The molecule has 4 aromatic rings. The predicted molar refractivity (Wildman–Crippen MR) is 109 cm³/mol. The van der Waals surface area contributed by atoms with Gasteiger partial charge in [0, 0.05) is 6.54 Å². The summed E-state index contributed by atoms with van der Waals surface area (Å²) in [5.74, 6) is 0.472. The van der Waals surface area contributed by atoms with Gasteiger partial charge in [0.2, 0.25) is 5.95 Å². The molecule has 0 aliphatic carbocycles. The Hall–Kier alpha value is -3.15. The zero-order chi connectivity index (χ0) is 19.0. The SMILES string of the molecule is CC(C)(C)n1ncc2c(=O)[nH]c(NCCc3ccc4ccccc4c3)nc21. The van der Waals surface area contributed by atoms with E-state index in [2.05, 4.69) is 50.7 Å². The summed E-state index contributed by atoms with van der Waals surface area (Å²) in [6.45, 7) is 6.79. The van der Waals surface area contributed by atoms with Gasteiger partial charge in [-0.25, -0.2) is 4.68 Å². The van der Waals surface area contributed by atoms with Crippen molar-refractivity contribution in [3.8, 4) is 0 Å². The van der Waals surface area contributed by atoms with Crippen molar-refractivity contribution in [1.29, 1.82) is 0 Å². The highest BCUT2D eigenvalue weighted by Gasteiger charge is 2.19. The predicted octanol–water partition coefficient (Wildman–Crippen LogP) is 3.68. The number of nitrogens with one attached hydrogen (secondary N) is 2. The van der Waals surface area contributed by atoms with Crippen molar-refractivity contribution < 1.29 is 0 Å². The maximum Gasteiger partial charge on any atom is 0.263 e. The van der Waals surface area contributed by atoms with Crippen molar-refractivity contribution in [2.24, 2.45) is 0 Å². The second-order valence-corrected chi connectivity index (χ2v) is 7.74. The van der Waals surface area contributed by atoms with Crippen LogP contribution in [0.5, 0.6) is 0 Å². The Morgan fingerprint density at radius 1 is 1.11 bits per heavy atom. The van der Waals surface area contributed by atoms with Crippen molar-refractivity contribution in [3.63, 3.8) is 0 Å². The van der Waals surface area contributed by atoms with E-state index in [1.807, 2.05) is 32.9 Å². The van der Waals surface area contributed by atoms with E-state index in [0.29, 0.717) is 23.5 Å². The minimum atomic E-state index is -0.245. The van der Waals surface area contributed by atoms with E-state index in [0.717, 1.165) is 6.42 Å². The van der Waals surface area contributed by atoms with Crippen molar-refractivity contribution in [3.05, 3.63) is 64.6 Å². The smallest absolute Gasteiger partial charge is 0.263 e. The summed E-state index contributed by atoms with van der Waals surface area (Å²) < 4.78 is 1.78. The Morgan fingerprint density at radius 3 is 2.67 bits per heavy atom. The van der Waals surface area contributed by atoms with E-state index in [9.17, 15) is 4.79 Å². The Morgan fingerprint density at radius 2 is 1.89 bits per heavy atom. The second-order valence-electron chi connectivity index (χ2n) is 7.74. The van der Waals surface area contributed by atoms with Gasteiger partial charge in [-0.15, -0.1) is 0 Å². The molecule has 0 fully saturated rings. The van der Waals surface area contributed by atoms with Crippen LogP contribution in [0.4, 0.5) is 5.95 Å². The fraction of sp³-hybridized carbons (Fsp3) is 0.286. The highest BCUT2D eigenvalue weighted by atomic mass is 16.1. The molecule has 0 aliphatic rings. The average molecular weight is 361 g/mol. The van der Waals surface area contributed by atoms with Crippen molar-refractivity contribution in [1.82, 2.24) is 19.7 Å². The maximum atomic E-state index is 12.3. The van der Waals surface area contributed by atoms with Gasteiger partial charge < -0.3 is 5.32 Å². The van der Waals surface area contributed by atoms with Gasteiger partial charge >= 0.3 is 0 Å². The monoisotopic (exact) mass is 361 g/mol. The number of aromatic amines is 1. The van der Waals surface area contributed by atoms with Crippen LogP contribution < -0.4 is 10.9 Å². The molecule has 6 heteroatoms. The van der Waals surface area contributed by atoms with Crippen LogP contribution in [-0.2, 0) is 12.0 Å². The minimum absolute atomic E-state index is 0.177. The molecular formula is C21H23N5O. The van der Waals surface area contributed by atoms with Gasteiger partial charge in [0.1, 0.15) is 5.39 Å². The third kappa shape index (κ3) is 3.43. The third-order valence-corrected chi connectivity index (χ3v) is 4.59. The molecule has 0 aliphatic heterocycles. The fourth-order valence-corrected chi connectivity index (χ4v) is 3.21.